The Bertz CT molecular complexity index is 991. The molecule has 0 fully saturated rings. The second kappa shape index (κ2) is 7.31. The van der Waals surface area contributed by atoms with Gasteiger partial charge in [0, 0.05) is 17.0 Å². The number of rotatable bonds is 4. The summed E-state index contributed by atoms with van der Waals surface area (Å²) < 4.78 is 49.3. The van der Waals surface area contributed by atoms with E-state index in [-0.39, 0.29) is 16.7 Å². The first-order valence-electron chi connectivity index (χ1n) is 7.59. The third-order valence-corrected chi connectivity index (χ3v) is 3.76. The van der Waals surface area contributed by atoms with Crippen molar-refractivity contribution in [1.29, 1.82) is 0 Å². The molecule has 3 nitrogen and oxygen atoms in total. The Morgan fingerprint density at radius 1 is 0.962 bits per heavy atom. The van der Waals surface area contributed by atoms with Crippen molar-refractivity contribution in [3.8, 4) is 11.5 Å². The molecule has 0 bridgehead atoms. The maximum Gasteiger partial charge on any atom is 0.343 e. The van der Waals surface area contributed by atoms with Crippen molar-refractivity contribution in [2.75, 3.05) is 7.11 Å². The molecular formula is C20H13F3O3. The van der Waals surface area contributed by atoms with E-state index in [9.17, 15) is 18.0 Å². The van der Waals surface area contributed by atoms with Crippen molar-refractivity contribution >= 4 is 22.8 Å². The van der Waals surface area contributed by atoms with Gasteiger partial charge in [-0.25, -0.2) is 9.18 Å². The Hall–Kier alpha value is -3.28. The van der Waals surface area contributed by atoms with Crippen LogP contribution in [0.3, 0.4) is 0 Å². The van der Waals surface area contributed by atoms with Crippen LogP contribution < -0.4 is 9.47 Å². The molecule has 0 aliphatic carbocycles. The van der Waals surface area contributed by atoms with Crippen LogP contribution in [0.4, 0.5) is 13.2 Å². The number of hydrogen-bond acceptors (Lipinski definition) is 3. The van der Waals surface area contributed by atoms with Crippen molar-refractivity contribution in [2.45, 2.75) is 0 Å². The van der Waals surface area contributed by atoms with Gasteiger partial charge in [-0.15, -0.1) is 0 Å². The fourth-order valence-corrected chi connectivity index (χ4v) is 2.47. The molecule has 0 heterocycles. The van der Waals surface area contributed by atoms with Gasteiger partial charge in [0.25, 0.3) is 6.08 Å². The van der Waals surface area contributed by atoms with Crippen LogP contribution in [0.15, 0.2) is 60.7 Å². The summed E-state index contributed by atoms with van der Waals surface area (Å²) in [5.74, 6) is -0.509. The second-order valence-corrected chi connectivity index (χ2v) is 5.40. The van der Waals surface area contributed by atoms with Gasteiger partial charge >= 0.3 is 5.97 Å². The van der Waals surface area contributed by atoms with Gasteiger partial charge in [-0.2, -0.15) is 8.78 Å². The van der Waals surface area contributed by atoms with Gasteiger partial charge < -0.3 is 9.47 Å². The molecule has 0 radical (unpaired) electrons. The zero-order chi connectivity index (χ0) is 18.7. The Labute approximate surface area is 147 Å². The van der Waals surface area contributed by atoms with E-state index in [2.05, 4.69) is 0 Å². The predicted octanol–water partition coefficient (Wildman–Crippen LogP) is 5.44. The van der Waals surface area contributed by atoms with Gasteiger partial charge in [0.1, 0.15) is 17.3 Å². The summed E-state index contributed by atoms with van der Waals surface area (Å²) >= 11 is 0. The summed E-state index contributed by atoms with van der Waals surface area (Å²) in [6.45, 7) is 0. The topological polar surface area (TPSA) is 35.5 Å². The van der Waals surface area contributed by atoms with Gasteiger partial charge in [0.2, 0.25) is 0 Å². The first-order valence-corrected chi connectivity index (χ1v) is 7.59. The summed E-state index contributed by atoms with van der Waals surface area (Å²) in [6, 6.07) is 13.4. The molecule has 0 aromatic heterocycles. The van der Waals surface area contributed by atoms with E-state index in [0.29, 0.717) is 22.8 Å². The van der Waals surface area contributed by atoms with Crippen molar-refractivity contribution in [3.05, 3.63) is 77.6 Å². The summed E-state index contributed by atoms with van der Waals surface area (Å²) in [7, 11) is 1.52. The van der Waals surface area contributed by atoms with Gasteiger partial charge in [-0.1, -0.05) is 12.1 Å². The van der Waals surface area contributed by atoms with E-state index >= 15 is 0 Å². The van der Waals surface area contributed by atoms with Crippen LogP contribution in [-0.2, 0) is 0 Å². The molecular weight excluding hydrogens is 345 g/mol. The maximum absolute atomic E-state index is 14.3. The molecule has 0 saturated carbocycles. The lowest BCUT2D eigenvalue weighted by atomic mass is 10.1. The first-order chi connectivity index (χ1) is 12.5. The van der Waals surface area contributed by atoms with Gasteiger partial charge in [-0.05, 0) is 47.9 Å². The largest absolute Gasteiger partial charge is 0.497 e. The Morgan fingerprint density at radius 3 is 2.31 bits per heavy atom. The first kappa shape index (κ1) is 17.5. The van der Waals surface area contributed by atoms with Crippen molar-refractivity contribution < 1.29 is 27.4 Å². The van der Waals surface area contributed by atoms with Crippen molar-refractivity contribution in [3.63, 3.8) is 0 Å². The number of carbonyl (C=O) groups excluding carboxylic acids is 1. The third kappa shape index (κ3) is 3.69. The summed E-state index contributed by atoms with van der Waals surface area (Å²) in [4.78, 5) is 12.2. The fraction of sp³-hybridized carbons (Fsp3) is 0.0500. The highest BCUT2D eigenvalue weighted by atomic mass is 19.3. The standard InChI is InChI=1S/C20H13F3O3/c1-25-15-6-4-12(5-7-15)20(24)26-16-8-9-17-13(10-16)2-3-14(19(17)23)11-18(21)22/h2-11H,1H3. The smallest absolute Gasteiger partial charge is 0.343 e. The molecule has 0 aliphatic heterocycles. The number of esters is 1. The highest BCUT2D eigenvalue weighted by Gasteiger charge is 2.11. The maximum atomic E-state index is 14.3. The zero-order valence-corrected chi connectivity index (χ0v) is 13.6. The van der Waals surface area contributed by atoms with Gasteiger partial charge in [0.05, 0.1) is 12.7 Å². The van der Waals surface area contributed by atoms with E-state index in [0.717, 1.165) is 0 Å². The molecule has 3 rings (SSSR count). The van der Waals surface area contributed by atoms with Crippen LogP contribution in [0.5, 0.6) is 11.5 Å². The SMILES string of the molecule is COc1ccc(C(=O)Oc2ccc3c(F)c(C=C(F)F)ccc3c2)cc1. The predicted molar refractivity (Wildman–Crippen MR) is 92.1 cm³/mol. The van der Waals surface area contributed by atoms with Crippen LogP contribution in [0.2, 0.25) is 0 Å². The van der Waals surface area contributed by atoms with E-state index < -0.39 is 17.9 Å². The van der Waals surface area contributed by atoms with Crippen molar-refractivity contribution in [1.82, 2.24) is 0 Å². The van der Waals surface area contributed by atoms with E-state index in [4.69, 9.17) is 9.47 Å². The van der Waals surface area contributed by atoms with E-state index in [1.54, 1.807) is 24.3 Å². The quantitative estimate of drug-likeness (QED) is 0.460. The number of carbonyl (C=O) groups is 1. The third-order valence-electron chi connectivity index (χ3n) is 3.76. The minimum atomic E-state index is -1.98. The number of hydrogen-bond donors (Lipinski definition) is 0. The number of benzene rings is 3. The summed E-state index contributed by atoms with van der Waals surface area (Å²) in [6.07, 6.45) is -1.51. The Morgan fingerprint density at radius 2 is 1.65 bits per heavy atom. The summed E-state index contributed by atoms with van der Waals surface area (Å²) in [5, 5.41) is 0.586. The average molecular weight is 358 g/mol. The average Bonchev–Trinajstić information content (AvgIpc) is 2.64. The number of methoxy groups -OCH3 is 1. The highest BCUT2D eigenvalue weighted by Crippen LogP contribution is 2.27. The van der Waals surface area contributed by atoms with Crippen LogP contribution in [0.25, 0.3) is 16.8 Å². The molecule has 0 unspecified atom stereocenters. The molecule has 0 saturated heterocycles. The van der Waals surface area contributed by atoms with Crippen LogP contribution in [-0.4, -0.2) is 13.1 Å². The van der Waals surface area contributed by atoms with E-state index in [1.807, 2.05) is 0 Å². The summed E-state index contributed by atoms with van der Waals surface area (Å²) in [5.41, 5.74) is 0.122. The number of fused-ring (bicyclic) bond motifs is 1. The molecule has 3 aromatic carbocycles. The normalized spacial score (nSPS) is 10.5. The van der Waals surface area contributed by atoms with Gasteiger partial charge in [-0.3, -0.25) is 0 Å². The molecule has 0 N–H and O–H groups in total. The van der Waals surface area contributed by atoms with Crippen LogP contribution in [0.1, 0.15) is 15.9 Å². The zero-order valence-electron chi connectivity index (χ0n) is 13.6. The molecule has 132 valence electrons. The van der Waals surface area contributed by atoms with Crippen LogP contribution >= 0.6 is 0 Å². The number of halogens is 3. The lowest BCUT2D eigenvalue weighted by Gasteiger charge is -2.08. The molecule has 6 heteroatoms. The molecule has 0 spiro atoms. The molecule has 0 atom stereocenters. The Kier molecular flexibility index (Phi) is 4.93. The lowest BCUT2D eigenvalue weighted by molar-refractivity contribution is 0.0735. The number of ether oxygens (including phenoxy) is 2. The van der Waals surface area contributed by atoms with Gasteiger partial charge in [0.15, 0.2) is 0 Å². The highest BCUT2D eigenvalue weighted by molar-refractivity contribution is 5.92. The monoisotopic (exact) mass is 358 g/mol. The van der Waals surface area contributed by atoms with Crippen molar-refractivity contribution in [2.24, 2.45) is 0 Å². The lowest BCUT2D eigenvalue weighted by Crippen LogP contribution is -2.08. The molecule has 0 amide bonds. The van der Waals surface area contributed by atoms with E-state index in [1.165, 1.54) is 37.4 Å². The second-order valence-electron chi connectivity index (χ2n) is 5.40. The molecule has 26 heavy (non-hydrogen) atoms. The fourth-order valence-electron chi connectivity index (χ4n) is 2.47. The molecule has 0 aliphatic rings. The minimum absolute atomic E-state index is 0.157. The van der Waals surface area contributed by atoms with Crippen LogP contribution in [0, 0.1) is 5.82 Å². The molecule has 3 aromatic rings. The minimum Gasteiger partial charge on any atom is -0.497 e. The Balaban J connectivity index is 1.87.